The zero-order chi connectivity index (χ0) is 36.8. The number of rotatable bonds is 18. The number of allylic oxidation sites excluding steroid dienone is 3. The molecule has 0 aliphatic carbocycles. The Balaban J connectivity index is 1.36. The quantitative estimate of drug-likeness (QED) is 0.0782. The Labute approximate surface area is 301 Å². The number of ketones is 1. The predicted octanol–water partition coefficient (Wildman–Crippen LogP) is 5.93. The molecule has 0 saturated carbocycles. The maximum atomic E-state index is 12.9. The predicted molar refractivity (Wildman–Crippen MR) is 195 cm³/mol. The van der Waals surface area contributed by atoms with E-state index in [1.165, 1.54) is 0 Å². The Bertz CT molecular complexity index is 1140. The van der Waals surface area contributed by atoms with Crippen molar-refractivity contribution in [3.63, 3.8) is 0 Å². The lowest BCUT2D eigenvalue weighted by Crippen LogP contribution is -2.50. The molecule has 3 aliphatic rings. The zero-order valence-electron chi connectivity index (χ0n) is 32.0. The molecule has 4 N–H and O–H groups in total. The van der Waals surface area contributed by atoms with Crippen molar-refractivity contribution in [1.82, 2.24) is 10.6 Å². The molecule has 0 aromatic heterocycles. The number of aliphatic hydroxyl groups excluding tert-OH is 2. The van der Waals surface area contributed by atoms with Gasteiger partial charge in [0.15, 0.2) is 11.6 Å². The van der Waals surface area contributed by atoms with Gasteiger partial charge in [-0.2, -0.15) is 0 Å². The lowest BCUT2D eigenvalue weighted by molar-refractivity contribution is -0.324. The maximum absolute atomic E-state index is 12.9. The van der Waals surface area contributed by atoms with Crippen LogP contribution in [0.3, 0.4) is 0 Å². The van der Waals surface area contributed by atoms with Gasteiger partial charge in [-0.15, -0.1) is 0 Å². The van der Waals surface area contributed by atoms with Crippen molar-refractivity contribution in [1.29, 1.82) is 0 Å². The summed E-state index contributed by atoms with van der Waals surface area (Å²) >= 11 is 0. The molecule has 0 unspecified atom stereocenters. The van der Waals surface area contributed by atoms with Crippen molar-refractivity contribution in [2.75, 3.05) is 13.1 Å². The van der Waals surface area contributed by atoms with Crippen LogP contribution in [-0.2, 0) is 28.6 Å². The summed E-state index contributed by atoms with van der Waals surface area (Å²) in [6.07, 6.45) is 14.5. The van der Waals surface area contributed by atoms with Crippen molar-refractivity contribution in [2.24, 2.45) is 23.7 Å². The maximum Gasteiger partial charge on any atom is 0.225 e. The van der Waals surface area contributed by atoms with E-state index in [0.29, 0.717) is 24.8 Å². The molecule has 286 valence electrons. The topological polar surface area (TPSA) is 143 Å². The van der Waals surface area contributed by atoms with Crippen molar-refractivity contribution in [2.45, 2.75) is 174 Å². The first-order valence-electron chi connectivity index (χ1n) is 19.5. The molecule has 3 fully saturated rings. The highest BCUT2D eigenvalue weighted by molar-refractivity contribution is 5.89. The van der Waals surface area contributed by atoms with Crippen LogP contribution in [0.15, 0.2) is 23.8 Å². The summed E-state index contributed by atoms with van der Waals surface area (Å²) in [6.45, 7) is 14.2. The van der Waals surface area contributed by atoms with Crippen molar-refractivity contribution >= 4 is 17.6 Å². The molecule has 10 heteroatoms. The molecule has 10 nitrogen and oxygen atoms in total. The second-order valence-electron chi connectivity index (χ2n) is 15.7. The first-order chi connectivity index (χ1) is 23.7. The first kappa shape index (κ1) is 42.3. The number of ether oxygens (including phenoxy) is 3. The smallest absolute Gasteiger partial charge is 0.225 e. The van der Waals surface area contributed by atoms with Gasteiger partial charge >= 0.3 is 0 Å². The van der Waals surface area contributed by atoms with Crippen molar-refractivity contribution in [3.8, 4) is 0 Å². The van der Waals surface area contributed by atoms with E-state index in [9.17, 15) is 24.6 Å². The highest BCUT2D eigenvalue weighted by atomic mass is 16.7. The van der Waals surface area contributed by atoms with E-state index in [1.807, 2.05) is 20.8 Å². The Kier molecular flexibility index (Phi) is 17.6. The molecule has 0 aromatic rings. The lowest BCUT2D eigenvalue weighted by Gasteiger charge is -2.48. The van der Waals surface area contributed by atoms with Gasteiger partial charge in [-0.3, -0.25) is 14.4 Å². The molecule has 0 radical (unpaired) electrons. The number of aliphatic hydroxyl groups is 2. The summed E-state index contributed by atoms with van der Waals surface area (Å²) in [5, 5.41) is 26.2. The summed E-state index contributed by atoms with van der Waals surface area (Å²) < 4.78 is 19.5. The van der Waals surface area contributed by atoms with Crippen LogP contribution in [0.25, 0.3) is 0 Å². The molecule has 2 amide bonds. The monoisotopic (exact) mass is 704 g/mol. The highest BCUT2D eigenvalue weighted by Gasteiger charge is 2.44. The minimum Gasteiger partial charge on any atom is -0.390 e. The number of carbonyl (C=O) groups is 3. The Morgan fingerprint density at radius 2 is 1.64 bits per heavy atom. The third kappa shape index (κ3) is 13.8. The van der Waals surface area contributed by atoms with Gasteiger partial charge in [0.2, 0.25) is 11.8 Å². The van der Waals surface area contributed by atoms with Crippen molar-refractivity contribution in [3.05, 3.63) is 23.8 Å². The van der Waals surface area contributed by atoms with Gasteiger partial charge in [-0.05, 0) is 108 Å². The van der Waals surface area contributed by atoms with Gasteiger partial charge < -0.3 is 35.1 Å². The van der Waals surface area contributed by atoms with Gasteiger partial charge in [-0.1, -0.05) is 39.8 Å². The fraction of sp³-hybridized carbons (Fsp3) is 0.825. The molecular formula is C40H68N2O8. The zero-order valence-corrected chi connectivity index (χ0v) is 32.0. The largest absolute Gasteiger partial charge is 0.390 e. The molecule has 11 atom stereocenters. The van der Waals surface area contributed by atoms with E-state index >= 15 is 0 Å². The lowest BCUT2D eigenvalue weighted by atomic mass is 9.85. The average molecular weight is 705 g/mol. The summed E-state index contributed by atoms with van der Waals surface area (Å²) in [5.74, 6) is -0.680. The normalized spacial score (nSPS) is 31.6. The van der Waals surface area contributed by atoms with Gasteiger partial charge in [0, 0.05) is 32.4 Å². The second-order valence-corrected chi connectivity index (χ2v) is 15.7. The summed E-state index contributed by atoms with van der Waals surface area (Å²) in [7, 11) is 0. The number of hydrogen-bond donors (Lipinski definition) is 4. The van der Waals surface area contributed by atoms with Crippen LogP contribution in [-0.4, -0.2) is 83.3 Å². The molecule has 1 spiro atoms. The van der Waals surface area contributed by atoms with Crippen LogP contribution >= 0.6 is 0 Å². The average Bonchev–Trinajstić information content (AvgIpc) is 3.07. The second kappa shape index (κ2) is 20.8. The SMILES string of the molecule is C/C=C/C(=O)C[C@H]1CC[C@H](C)[C@H](CC(=O)NC[C@@H](O)[C@@H](C)C(=O)NCCC[C@H]2O[C@@]3(CCC[C@@H](CC[C@H](C)/C=C(\C)[C@@H](C)O)O3)CC[C@@H]2C)O1. The first-order valence-corrected chi connectivity index (χ1v) is 19.5. The minimum atomic E-state index is -1.02. The number of nitrogens with one attached hydrogen (secondary N) is 2. The van der Waals surface area contributed by atoms with Gasteiger partial charge in [0.05, 0.1) is 49.0 Å². The van der Waals surface area contributed by atoms with Crippen LogP contribution in [0.1, 0.15) is 132 Å². The fourth-order valence-corrected chi connectivity index (χ4v) is 7.51. The highest BCUT2D eigenvalue weighted by Crippen LogP contribution is 2.43. The summed E-state index contributed by atoms with van der Waals surface area (Å²) in [5.41, 5.74) is 1.01. The Morgan fingerprint density at radius 3 is 2.36 bits per heavy atom. The van der Waals surface area contributed by atoms with E-state index in [2.05, 4.69) is 30.6 Å². The van der Waals surface area contributed by atoms with Crippen molar-refractivity contribution < 1.29 is 38.8 Å². The van der Waals surface area contributed by atoms with Gasteiger partial charge in [-0.25, -0.2) is 0 Å². The van der Waals surface area contributed by atoms with Crippen LogP contribution in [0, 0.1) is 23.7 Å². The number of carbonyl (C=O) groups excluding carboxylic acids is 3. The van der Waals surface area contributed by atoms with Crippen LogP contribution < -0.4 is 10.6 Å². The van der Waals surface area contributed by atoms with E-state index in [0.717, 1.165) is 76.2 Å². The molecule has 3 heterocycles. The van der Waals surface area contributed by atoms with E-state index in [4.69, 9.17) is 14.2 Å². The van der Waals surface area contributed by atoms with E-state index < -0.39 is 23.9 Å². The molecule has 3 saturated heterocycles. The molecule has 3 rings (SSSR count). The standard InChI is InChI=1S/C40H68N2O8/c1-8-11-32(44)23-34-17-15-27(3)37(48-34)24-38(46)42-25-35(45)30(6)39(47)41-21-10-13-36-28(4)18-20-40(50-36)19-9-12-33(49-40)16-14-26(2)22-29(5)31(7)43/h8,11,22,26-28,30-31,33-37,43,45H,9-10,12-21,23-25H2,1-7H3,(H,41,47)(H,42,46)/b11-8+,29-22+/t26-,27-,28-,30+,31+,33-,34+,35+,36+,37-,40-/m0/s1. The third-order valence-corrected chi connectivity index (χ3v) is 11.2. The third-order valence-electron chi connectivity index (χ3n) is 11.2. The van der Waals surface area contributed by atoms with E-state index in [-0.39, 0.29) is 60.9 Å². The van der Waals surface area contributed by atoms with Crippen LogP contribution in [0.2, 0.25) is 0 Å². The Morgan fingerprint density at radius 1 is 0.900 bits per heavy atom. The van der Waals surface area contributed by atoms with Crippen LogP contribution in [0.4, 0.5) is 0 Å². The Hall–Kier alpha value is -2.11. The van der Waals surface area contributed by atoms with E-state index in [1.54, 1.807) is 26.0 Å². The molecule has 0 bridgehead atoms. The summed E-state index contributed by atoms with van der Waals surface area (Å²) in [4.78, 5) is 37.6. The fourth-order valence-electron chi connectivity index (χ4n) is 7.51. The summed E-state index contributed by atoms with van der Waals surface area (Å²) in [6, 6.07) is 0. The van der Waals surface area contributed by atoms with Crippen LogP contribution in [0.5, 0.6) is 0 Å². The minimum absolute atomic E-state index is 0.0223. The molecule has 3 aliphatic heterocycles. The molecule has 0 aromatic carbocycles. The number of amides is 2. The molecular weight excluding hydrogens is 636 g/mol. The molecule has 50 heavy (non-hydrogen) atoms. The van der Waals surface area contributed by atoms with Gasteiger partial charge in [0.25, 0.3) is 0 Å². The number of hydrogen-bond acceptors (Lipinski definition) is 8. The van der Waals surface area contributed by atoms with Gasteiger partial charge in [0.1, 0.15) is 0 Å².